The molecule has 0 atom stereocenters. The van der Waals surface area contributed by atoms with Gasteiger partial charge in [0.25, 0.3) is 0 Å². The molecule has 0 saturated heterocycles. The van der Waals surface area contributed by atoms with Crippen LogP contribution in [0.3, 0.4) is 0 Å². The molecule has 0 saturated carbocycles. The highest BCUT2D eigenvalue weighted by Crippen LogP contribution is 2.07. The predicted molar refractivity (Wildman–Crippen MR) is 67.5 cm³/mol. The van der Waals surface area contributed by atoms with Gasteiger partial charge in [0.05, 0.1) is 0 Å². The largest absolute Gasteiger partial charge is 0.394 e. The molecule has 0 unspecified atom stereocenters. The van der Waals surface area contributed by atoms with E-state index in [-0.39, 0.29) is 0 Å². The normalized spacial score (nSPS) is 10.6. The van der Waals surface area contributed by atoms with Crippen LogP contribution in [0.4, 0.5) is 0 Å². The highest BCUT2D eigenvalue weighted by Gasteiger charge is 1.96. The molecule has 5 nitrogen and oxygen atoms in total. The molecule has 2 N–H and O–H groups in total. The van der Waals surface area contributed by atoms with E-state index < -0.39 is 10.4 Å². The number of carbonyl (C=O) groups is 1. The topological polar surface area (TPSA) is 91.7 Å². The van der Waals surface area contributed by atoms with Gasteiger partial charge in [0, 0.05) is 12.8 Å². The fourth-order valence-electron chi connectivity index (χ4n) is 1.28. The molecule has 104 valence electrons. The van der Waals surface area contributed by atoms with E-state index in [1.165, 1.54) is 32.1 Å². The summed E-state index contributed by atoms with van der Waals surface area (Å²) in [4.78, 5) is 10.9. The Kier molecular flexibility index (Phi) is 13.3. The maximum atomic E-state index is 10.9. The maximum Gasteiger partial charge on any atom is 0.394 e. The standard InChI is InChI=1S/C11H22O.H2O4S/c1-3-5-6-7-8-9-10-11(12)4-2;1-5(2,3)4/h3-10H2,1-2H3;(H2,1,2,3,4). The Morgan fingerprint density at radius 1 is 0.941 bits per heavy atom. The van der Waals surface area contributed by atoms with Gasteiger partial charge >= 0.3 is 10.4 Å². The zero-order valence-corrected chi connectivity index (χ0v) is 11.5. The van der Waals surface area contributed by atoms with E-state index in [4.69, 9.17) is 17.5 Å². The molecule has 0 fully saturated rings. The number of ketones is 1. The first kappa shape index (κ1) is 18.9. The second-order valence-corrected chi connectivity index (χ2v) is 4.75. The molecule has 17 heavy (non-hydrogen) atoms. The molecule has 0 spiro atoms. The van der Waals surface area contributed by atoms with Gasteiger partial charge in [0.2, 0.25) is 0 Å². The molecule has 0 radical (unpaired) electrons. The first-order valence-electron chi connectivity index (χ1n) is 6.02. The Hall–Kier alpha value is -0.460. The molecule has 0 aromatic carbocycles. The molecule has 0 aromatic heterocycles. The SMILES string of the molecule is CCCCCCCCC(=O)CC.O=S(=O)(O)O. The summed E-state index contributed by atoms with van der Waals surface area (Å²) in [5.41, 5.74) is 0. The van der Waals surface area contributed by atoms with E-state index in [1.54, 1.807) is 0 Å². The molecule has 0 aliphatic rings. The Labute approximate surface area is 104 Å². The molecule has 0 rings (SSSR count). The second kappa shape index (κ2) is 12.0. The Morgan fingerprint density at radius 3 is 1.76 bits per heavy atom. The van der Waals surface area contributed by atoms with Crippen LogP contribution in [0.25, 0.3) is 0 Å². The molecule has 0 amide bonds. The Morgan fingerprint density at radius 2 is 1.35 bits per heavy atom. The number of rotatable bonds is 8. The van der Waals surface area contributed by atoms with Crippen molar-refractivity contribution in [1.82, 2.24) is 0 Å². The first-order chi connectivity index (χ1) is 7.81. The van der Waals surface area contributed by atoms with Crippen molar-refractivity contribution < 1.29 is 22.3 Å². The van der Waals surface area contributed by atoms with Crippen LogP contribution in [0.1, 0.15) is 65.2 Å². The van der Waals surface area contributed by atoms with Gasteiger partial charge in [-0.2, -0.15) is 8.42 Å². The average Bonchev–Trinajstić information content (AvgIpc) is 2.20. The fourth-order valence-corrected chi connectivity index (χ4v) is 1.28. The minimum Gasteiger partial charge on any atom is -0.300 e. The van der Waals surface area contributed by atoms with Crippen LogP contribution < -0.4 is 0 Å². The molecule has 0 aliphatic carbocycles. The zero-order valence-electron chi connectivity index (χ0n) is 10.7. The van der Waals surface area contributed by atoms with Gasteiger partial charge in [0.1, 0.15) is 5.78 Å². The van der Waals surface area contributed by atoms with Gasteiger partial charge in [-0.1, -0.05) is 46.0 Å². The summed E-state index contributed by atoms with van der Waals surface area (Å²) in [7, 11) is -4.67. The lowest BCUT2D eigenvalue weighted by Crippen LogP contribution is -1.93. The summed E-state index contributed by atoms with van der Waals surface area (Å²) >= 11 is 0. The van der Waals surface area contributed by atoms with Gasteiger partial charge < -0.3 is 0 Å². The Balaban J connectivity index is 0. The maximum absolute atomic E-state index is 10.9. The lowest BCUT2D eigenvalue weighted by molar-refractivity contribution is -0.118. The van der Waals surface area contributed by atoms with Crippen molar-refractivity contribution in [3.05, 3.63) is 0 Å². The van der Waals surface area contributed by atoms with E-state index >= 15 is 0 Å². The molecular formula is C11H24O5S. The third-order valence-electron chi connectivity index (χ3n) is 2.20. The van der Waals surface area contributed by atoms with Crippen molar-refractivity contribution in [1.29, 1.82) is 0 Å². The molecule has 0 aromatic rings. The van der Waals surface area contributed by atoms with Crippen LogP contribution in [0, 0.1) is 0 Å². The van der Waals surface area contributed by atoms with Crippen LogP contribution in [-0.2, 0) is 15.2 Å². The van der Waals surface area contributed by atoms with Crippen molar-refractivity contribution in [3.63, 3.8) is 0 Å². The fraction of sp³-hybridized carbons (Fsp3) is 0.909. The number of unbranched alkanes of at least 4 members (excludes halogenated alkanes) is 5. The molecule has 6 heteroatoms. The van der Waals surface area contributed by atoms with Gasteiger partial charge in [-0.15, -0.1) is 0 Å². The molecular weight excluding hydrogens is 244 g/mol. The molecule has 0 heterocycles. The van der Waals surface area contributed by atoms with E-state index in [1.807, 2.05) is 6.92 Å². The van der Waals surface area contributed by atoms with E-state index in [0.29, 0.717) is 5.78 Å². The van der Waals surface area contributed by atoms with Crippen molar-refractivity contribution in [2.75, 3.05) is 0 Å². The van der Waals surface area contributed by atoms with E-state index in [9.17, 15) is 4.79 Å². The van der Waals surface area contributed by atoms with Gasteiger partial charge in [0.15, 0.2) is 0 Å². The quantitative estimate of drug-likeness (QED) is 0.521. The predicted octanol–water partition coefficient (Wildman–Crippen LogP) is 3.06. The molecule has 0 aliphatic heterocycles. The van der Waals surface area contributed by atoms with Crippen molar-refractivity contribution in [3.8, 4) is 0 Å². The summed E-state index contributed by atoms with van der Waals surface area (Å²) in [6, 6.07) is 0. The van der Waals surface area contributed by atoms with Crippen LogP contribution in [0.2, 0.25) is 0 Å². The highest BCUT2D eigenvalue weighted by molar-refractivity contribution is 7.79. The lowest BCUT2D eigenvalue weighted by Gasteiger charge is -1.98. The smallest absolute Gasteiger partial charge is 0.300 e. The summed E-state index contributed by atoms with van der Waals surface area (Å²) in [6.07, 6.45) is 9.18. The number of hydrogen-bond acceptors (Lipinski definition) is 3. The highest BCUT2D eigenvalue weighted by atomic mass is 32.3. The lowest BCUT2D eigenvalue weighted by atomic mass is 10.1. The van der Waals surface area contributed by atoms with E-state index in [2.05, 4.69) is 6.92 Å². The van der Waals surface area contributed by atoms with Crippen LogP contribution in [0.15, 0.2) is 0 Å². The van der Waals surface area contributed by atoms with Gasteiger partial charge in [-0.05, 0) is 6.42 Å². The van der Waals surface area contributed by atoms with E-state index in [0.717, 1.165) is 19.3 Å². The summed E-state index contributed by atoms with van der Waals surface area (Å²) in [6.45, 7) is 4.17. The third-order valence-corrected chi connectivity index (χ3v) is 2.20. The van der Waals surface area contributed by atoms with Crippen molar-refractivity contribution in [2.45, 2.75) is 65.2 Å². The average molecular weight is 268 g/mol. The zero-order chi connectivity index (χ0) is 13.7. The summed E-state index contributed by atoms with van der Waals surface area (Å²) in [5, 5.41) is 0. The van der Waals surface area contributed by atoms with Crippen molar-refractivity contribution in [2.24, 2.45) is 0 Å². The van der Waals surface area contributed by atoms with Crippen LogP contribution in [0.5, 0.6) is 0 Å². The van der Waals surface area contributed by atoms with Crippen molar-refractivity contribution >= 4 is 16.2 Å². The summed E-state index contributed by atoms with van der Waals surface area (Å²) < 4.78 is 31.6. The van der Waals surface area contributed by atoms with Gasteiger partial charge in [-0.3, -0.25) is 13.9 Å². The third kappa shape index (κ3) is 31.3. The number of hydrogen-bond donors (Lipinski definition) is 2. The second-order valence-electron chi connectivity index (χ2n) is 3.86. The monoisotopic (exact) mass is 268 g/mol. The molecule has 0 bridgehead atoms. The number of Topliss-reactive ketones (excluding diaryl/α,β-unsaturated/α-hetero) is 1. The van der Waals surface area contributed by atoms with Crippen LogP contribution in [-0.4, -0.2) is 23.3 Å². The number of carbonyl (C=O) groups excluding carboxylic acids is 1. The van der Waals surface area contributed by atoms with Gasteiger partial charge in [-0.25, -0.2) is 0 Å². The minimum absolute atomic E-state index is 0.422. The van der Waals surface area contributed by atoms with Crippen LogP contribution >= 0.6 is 0 Å². The summed E-state index contributed by atoms with van der Waals surface area (Å²) in [5.74, 6) is 0.422. The first-order valence-corrected chi connectivity index (χ1v) is 7.42. The Bertz CT molecular complexity index is 264. The minimum atomic E-state index is -4.67.